The molecule has 200 valence electrons. The quantitative estimate of drug-likeness (QED) is 0.277. The molecule has 0 unspecified atom stereocenters. The van der Waals surface area contributed by atoms with Crippen LogP contribution in [0.2, 0.25) is 0 Å². The van der Waals surface area contributed by atoms with Gasteiger partial charge in [0.05, 0.1) is 23.7 Å². The Bertz CT molecular complexity index is 1610. The molecule has 6 nitrogen and oxygen atoms in total. The van der Waals surface area contributed by atoms with Gasteiger partial charge in [0.25, 0.3) is 0 Å². The zero-order chi connectivity index (χ0) is 27.3. The Hall–Kier alpha value is -4.55. The molecule has 1 aliphatic rings. The molecule has 1 aliphatic heterocycles. The number of piperazine rings is 1. The Morgan fingerprint density at radius 2 is 1.52 bits per heavy atom. The van der Waals surface area contributed by atoms with E-state index >= 15 is 0 Å². The standard InChI is InChI=1S/C34H33N5O/c1-25-6-5-9-27(20-25)24-38-16-18-39(19-17-38)33-23-35-31-15-12-29(22-32(31)37-33)28-10-13-30(14-11-28)36-34(40)21-26-7-3-2-4-8-26/h2-15,20,22-23H,16-19,21,24H2,1H3,(H,36,40). The number of carbonyl (C=O) groups excluding carboxylic acids is 1. The van der Waals surface area contributed by atoms with E-state index in [1.54, 1.807) is 0 Å². The molecule has 1 aromatic heterocycles. The van der Waals surface area contributed by atoms with E-state index in [1.165, 1.54) is 11.1 Å². The SMILES string of the molecule is Cc1cccc(CN2CCN(c3cnc4ccc(-c5ccc(NC(=O)Cc6ccccc6)cc5)cc4n3)CC2)c1. The number of nitrogens with zero attached hydrogens (tertiary/aromatic N) is 4. The van der Waals surface area contributed by atoms with E-state index in [2.05, 4.69) is 58.4 Å². The Balaban J connectivity index is 1.10. The average molecular weight is 528 g/mol. The summed E-state index contributed by atoms with van der Waals surface area (Å²) in [4.78, 5) is 27.0. The highest BCUT2D eigenvalue weighted by atomic mass is 16.1. The first-order chi connectivity index (χ1) is 19.6. The minimum atomic E-state index is -0.0246. The van der Waals surface area contributed by atoms with Crippen LogP contribution in [0.3, 0.4) is 0 Å². The number of anilines is 2. The van der Waals surface area contributed by atoms with Crippen molar-refractivity contribution in [1.29, 1.82) is 0 Å². The Morgan fingerprint density at radius 3 is 2.30 bits per heavy atom. The van der Waals surface area contributed by atoms with Crippen LogP contribution < -0.4 is 10.2 Å². The van der Waals surface area contributed by atoms with E-state index in [-0.39, 0.29) is 5.91 Å². The maximum Gasteiger partial charge on any atom is 0.228 e. The summed E-state index contributed by atoms with van der Waals surface area (Å²) in [5.41, 5.74) is 8.38. The van der Waals surface area contributed by atoms with Crippen molar-refractivity contribution in [2.24, 2.45) is 0 Å². The summed E-state index contributed by atoms with van der Waals surface area (Å²) in [5, 5.41) is 2.99. The van der Waals surface area contributed by atoms with Gasteiger partial charge in [0.2, 0.25) is 5.91 Å². The maximum absolute atomic E-state index is 12.4. The van der Waals surface area contributed by atoms with Crippen molar-refractivity contribution in [3.8, 4) is 11.1 Å². The molecule has 0 saturated carbocycles. The van der Waals surface area contributed by atoms with Crippen LogP contribution in [-0.2, 0) is 17.8 Å². The number of fused-ring (bicyclic) bond motifs is 1. The highest BCUT2D eigenvalue weighted by Crippen LogP contribution is 2.26. The van der Waals surface area contributed by atoms with Gasteiger partial charge in [-0.15, -0.1) is 0 Å². The molecular formula is C34H33N5O. The summed E-state index contributed by atoms with van der Waals surface area (Å²) in [6.45, 7) is 7.00. The third kappa shape index (κ3) is 6.19. The largest absolute Gasteiger partial charge is 0.353 e. The zero-order valence-electron chi connectivity index (χ0n) is 22.8. The van der Waals surface area contributed by atoms with E-state index in [0.29, 0.717) is 6.42 Å². The van der Waals surface area contributed by atoms with Gasteiger partial charge in [-0.1, -0.05) is 78.4 Å². The number of carbonyl (C=O) groups is 1. The first-order valence-electron chi connectivity index (χ1n) is 13.8. The van der Waals surface area contributed by atoms with Gasteiger partial charge >= 0.3 is 0 Å². The Kier molecular flexibility index (Phi) is 7.51. The third-order valence-electron chi connectivity index (χ3n) is 7.42. The molecule has 0 aliphatic carbocycles. The van der Waals surface area contributed by atoms with Crippen molar-refractivity contribution in [2.45, 2.75) is 19.9 Å². The van der Waals surface area contributed by atoms with E-state index in [4.69, 9.17) is 9.97 Å². The van der Waals surface area contributed by atoms with Crippen LogP contribution in [0.4, 0.5) is 11.5 Å². The maximum atomic E-state index is 12.4. The topological polar surface area (TPSA) is 61.4 Å². The number of rotatable bonds is 7. The van der Waals surface area contributed by atoms with Crippen LogP contribution in [0.5, 0.6) is 0 Å². The normalized spacial score (nSPS) is 13.9. The predicted octanol–water partition coefficient (Wildman–Crippen LogP) is 6.11. The molecule has 1 saturated heterocycles. The molecule has 1 N–H and O–H groups in total. The molecule has 6 rings (SSSR count). The summed E-state index contributed by atoms with van der Waals surface area (Å²) in [5.74, 6) is 0.903. The van der Waals surface area contributed by atoms with E-state index in [0.717, 1.165) is 72.0 Å². The van der Waals surface area contributed by atoms with Crippen LogP contribution in [0.15, 0.2) is 103 Å². The molecule has 0 atom stereocenters. The number of aryl methyl sites for hydroxylation is 1. The Labute approximate surface area is 235 Å². The molecule has 4 aromatic carbocycles. The van der Waals surface area contributed by atoms with E-state index in [9.17, 15) is 4.79 Å². The molecule has 5 aromatic rings. The first-order valence-corrected chi connectivity index (χ1v) is 13.8. The molecule has 2 heterocycles. The van der Waals surface area contributed by atoms with Crippen LogP contribution in [-0.4, -0.2) is 47.0 Å². The minimum absolute atomic E-state index is 0.0246. The van der Waals surface area contributed by atoms with Gasteiger partial charge in [-0.2, -0.15) is 0 Å². The van der Waals surface area contributed by atoms with Gasteiger partial charge in [-0.3, -0.25) is 14.7 Å². The number of hydrogen-bond acceptors (Lipinski definition) is 5. The second kappa shape index (κ2) is 11.7. The van der Waals surface area contributed by atoms with Gasteiger partial charge in [-0.05, 0) is 53.4 Å². The average Bonchev–Trinajstić information content (AvgIpc) is 2.98. The van der Waals surface area contributed by atoms with Crippen molar-refractivity contribution in [2.75, 3.05) is 36.4 Å². The van der Waals surface area contributed by atoms with Crippen LogP contribution in [0.1, 0.15) is 16.7 Å². The molecule has 0 spiro atoms. The number of benzene rings is 4. The van der Waals surface area contributed by atoms with Crippen LogP contribution >= 0.6 is 0 Å². The lowest BCUT2D eigenvalue weighted by atomic mass is 10.0. The van der Waals surface area contributed by atoms with E-state index < -0.39 is 0 Å². The monoisotopic (exact) mass is 527 g/mol. The molecular weight excluding hydrogens is 494 g/mol. The smallest absolute Gasteiger partial charge is 0.228 e. The van der Waals surface area contributed by atoms with E-state index in [1.807, 2.05) is 66.9 Å². The van der Waals surface area contributed by atoms with Crippen molar-refractivity contribution in [1.82, 2.24) is 14.9 Å². The number of aromatic nitrogens is 2. The number of nitrogens with one attached hydrogen (secondary N) is 1. The second-order valence-electron chi connectivity index (χ2n) is 10.5. The highest BCUT2D eigenvalue weighted by molar-refractivity contribution is 5.92. The van der Waals surface area contributed by atoms with Gasteiger partial charge in [0.15, 0.2) is 0 Å². The minimum Gasteiger partial charge on any atom is -0.353 e. The fourth-order valence-electron chi connectivity index (χ4n) is 5.27. The lowest BCUT2D eigenvalue weighted by Gasteiger charge is -2.35. The van der Waals surface area contributed by atoms with Gasteiger partial charge in [0, 0.05) is 38.4 Å². The lowest BCUT2D eigenvalue weighted by molar-refractivity contribution is -0.115. The molecule has 1 amide bonds. The fraction of sp³-hybridized carbons (Fsp3) is 0.206. The molecule has 6 heteroatoms. The number of amides is 1. The van der Waals surface area contributed by atoms with Crippen LogP contribution in [0.25, 0.3) is 22.2 Å². The van der Waals surface area contributed by atoms with Crippen molar-refractivity contribution in [3.63, 3.8) is 0 Å². The van der Waals surface area contributed by atoms with Crippen molar-refractivity contribution in [3.05, 3.63) is 120 Å². The zero-order valence-corrected chi connectivity index (χ0v) is 22.8. The molecule has 0 bridgehead atoms. The lowest BCUT2D eigenvalue weighted by Crippen LogP contribution is -2.46. The summed E-state index contributed by atoms with van der Waals surface area (Å²) in [7, 11) is 0. The third-order valence-corrected chi connectivity index (χ3v) is 7.42. The van der Waals surface area contributed by atoms with Gasteiger partial charge in [0.1, 0.15) is 5.82 Å². The molecule has 0 radical (unpaired) electrons. The fourth-order valence-corrected chi connectivity index (χ4v) is 5.27. The summed E-state index contributed by atoms with van der Waals surface area (Å²) in [6.07, 6.45) is 2.25. The van der Waals surface area contributed by atoms with Gasteiger partial charge in [-0.25, -0.2) is 4.98 Å². The molecule has 40 heavy (non-hydrogen) atoms. The van der Waals surface area contributed by atoms with Crippen molar-refractivity contribution >= 4 is 28.4 Å². The predicted molar refractivity (Wildman–Crippen MR) is 162 cm³/mol. The summed E-state index contributed by atoms with van der Waals surface area (Å²) in [6, 6.07) is 32.7. The van der Waals surface area contributed by atoms with Crippen molar-refractivity contribution < 1.29 is 4.79 Å². The summed E-state index contributed by atoms with van der Waals surface area (Å²) >= 11 is 0. The first kappa shape index (κ1) is 25.7. The van der Waals surface area contributed by atoms with Gasteiger partial charge < -0.3 is 10.2 Å². The Morgan fingerprint density at radius 1 is 0.775 bits per heavy atom. The highest BCUT2D eigenvalue weighted by Gasteiger charge is 2.19. The number of hydrogen-bond donors (Lipinski definition) is 1. The van der Waals surface area contributed by atoms with Crippen LogP contribution in [0, 0.1) is 6.92 Å². The molecule has 1 fully saturated rings. The second-order valence-corrected chi connectivity index (χ2v) is 10.5. The summed E-state index contributed by atoms with van der Waals surface area (Å²) < 4.78 is 0.